The minimum absolute atomic E-state index is 0.174. The molecular weight excluding hydrogens is 270 g/mol. The van der Waals surface area contributed by atoms with Gasteiger partial charge in [0, 0.05) is 20.1 Å². The number of benzene rings is 1. The van der Waals surface area contributed by atoms with Gasteiger partial charge in [0.05, 0.1) is 12.1 Å². The van der Waals surface area contributed by atoms with Crippen LogP contribution in [0.25, 0.3) is 0 Å². The molecule has 21 heavy (non-hydrogen) atoms. The lowest BCUT2D eigenvalue weighted by Crippen LogP contribution is -2.39. The molecule has 0 spiro atoms. The standard InChI is InChI=1S/C16H21NO4/c1-17(16(18)19)15-12-7-3-2-6-11(12)10-13(15)21-14-8-4-5-9-20-14/h2-3,6-7,13-15H,4-5,8-10H2,1H3,(H,18,19)/t13-,14?,15+/m0/s1. The van der Waals surface area contributed by atoms with Crippen molar-refractivity contribution in [2.24, 2.45) is 0 Å². The van der Waals surface area contributed by atoms with Gasteiger partial charge in [0.15, 0.2) is 6.29 Å². The lowest BCUT2D eigenvalue weighted by atomic mass is 10.1. The monoisotopic (exact) mass is 291 g/mol. The van der Waals surface area contributed by atoms with Gasteiger partial charge in [-0.3, -0.25) is 0 Å². The summed E-state index contributed by atoms with van der Waals surface area (Å²) in [6, 6.07) is 7.70. The number of hydrogen-bond acceptors (Lipinski definition) is 3. The third-order valence-corrected chi connectivity index (χ3v) is 4.33. The summed E-state index contributed by atoms with van der Waals surface area (Å²) in [5, 5.41) is 9.33. The number of nitrogens with zero attached hydrogens (tertiary/aromatic N) is 1. The van der Waals surface area contributed by atoms with Gasteiger partial charge >= 0.3 is 6.09 Å². The fraction of sp³-hybridized carbons (Fsp3) is 0.562. The first kappa shape index (κ1) is 14.4. The van der Waals surface area contributed by atoms with E-state index in [0.717, 1.165) is 43.4 Å². The van der Waals surface area contributed by atoms with Crippen LogP contribution < -0.4 is 0 Å². The molecule has 114 valence electrons. The molecule has 1 aromatic carbocycles. The van der Waals surface area contributed by atoms with Crippen LogP contribution >= 0.6 is 0 Å². The summed E-state index contributed by atoms with van der Waals surface area (Å²) in [6.07, 6.45) is 2.48. The lowest BCUT2D eigenvalue weighted by Gasteiger charge is -2.32. The molecule has 1 aliphatic heterocycles. The van der Waals surface area contributed by atoms with Crippen LogP contribution in [0.15, 0.2) is 24.3 Å². The van der Waals surface area contributed by atoms with Crippen molar-refractivity contribution in [2.75, 3.05) is 13.7 Å². The molecule has 1 aromatic rings. The van der Waals surface area contributed by atoms with Crippen molar-refractivity contribution in [3.8, 4) is 0 Å². The van der Waals surface area contributed by atoms with Crippen LogP contribution in [0, 0.1) is 0 Å². The van der Waals surface area contributed by atoms with E-state index in [0.29, 0.717) is 0 Å². The van der Waals surface area contributed by atoms with Crippen LogP contribution in [0.1, 0.15) is 36.4 Å². The van der Waals surface area contributed by atoms with Gasteiger partial charge < -0.3 is 19.5 Å². The molecule has 1 unspecified atom stereocenters. The van der Waals surface area contributed by atoms with Crippen LogP contribution in [0.3, 0.4) is 0 Å². The predicted molar refractivity (Wildman–Crippen MR) is 77.1 cm³/mol. The summed E-state index contributed by atoms with van der Waals surface area (Å²) in [5.41, 5.74) is 2.21. The fourth-order valence-electron chi connectivity index (χ4n) is 3.25. The quantitative estimate of drug-likeness (QED) is 0.930. The highest BCUT2D eigenvalue weighted by Gasteiger charge is 2.39. The van der Waals surface area contributed by atoms with Crippen molar-refractivity contribution in [1.29, 1.82) is 0 Å². The van der Waals surface area contributed by atoms with Crippen LogP contribution in [0.5, 0.6) is 0 Å². The third kappa shape index (κ3) is 2.89. The van der Waals surface area contributed by atoms with E-state index < -0.39 is 6.09 Å². The molecule has 3 atom stereocenters. The van der Waals surface area contributed by atoms with Crippen molar-refractivity contribution >= 4 is 6.09 Å². The van der Waals surface area contributed by atoms with Gasteiger partial charge in [-0.2, -0.15) is 0 Å². The number of likely N-dealkylation sites (N-methyl/N-ethyl adjacent to an activating group) is 1. The van der Waals surface area contributed by atoms with Crippen molar-refractivity contribution in [2.45, 2.75) is 44.1 Å². The zero-order valence-corrected chi connectivity index (χ0v) is 12.2. The molecule has 3 rings (SSSR count). The summed E-state index contributed by atoms with van der Waals surface area (Å²) >= 11 is 0. The minimum atomic E-state index is -0.935. The SMILES string of the molecule is CN(C(=O)O)[C@@H]1c2ccccc2C[C@@H]1OC1CCCCO1. The topological polar surface area (TPSA) is 59.0 Å². The van der Waals surface area contributed by atoms with E-state index in [2.05, 4.69) is 0 Å². The number of rotatable bonds is 3. The number of carboxylic acid groups (broad SMARTS) is 1. The van der Waals surface area contributed by atoms with E-state index in [9.17, 15) is 9.90 Å². The number of ether oxygens (including phenoxy) is 2. The summed E-state index contributed by atoms with van der Waals surface area (Å²) in [4.78, 5) is 12.7. The van der Waals surface area contributed by atoms with E-state index in [1.807, 2.05) is 24.3 Å². The smallest absolute Gasteiger partial charge is 0.407 e. The molecule has 1 aliphatic carbocycles. The van der Waals surface area contributed by atoms with Gasteiger partial charge in [-0.15, -0.1) is 0 Å². The molecule has 0 aromatic heterocycles. The molecule has 1 fully saturated rings. The molecule has 1 N–H and O–H groups in total. The van der Waals surface area contributed by atoms with Crippen molar-refractivity contribution in [3.63, 3.8) is 0 Å². The zero-order valence-electron chi connectivity index (χ0n) is 12.2. The zero-order chi connectivity index (χ0) is 14.8. The maximum atomic E-state index is 11.4. The van der Waals surface area contributed by atoms with Crippen LogP contribution in [-0.2, 0) is 15.9 Å². The summed E-state index contributed by atoms with van der Waals surface area (Å²) < 4.78 is 11.7. The maximum absolute atomic E-state index is 11.4. The first-order valence-corrected chi connectivity index (χ1v) is 7.47. The highest BCUT2D eigenvalue weighted by Crippen LogP contribution is 2.38. The number of amides is 1. The Morgan fingerprint density at radius 3 is 2.90 bits per heavy atom. The molecule has 1 amide bonds. The lowest BCUT2D eigenvalue weighted by molar-refractivity contribution is -0.196. The fourth-order valence-corrected chi connectivity index (χ4v) is 3.25. The van der Waals surface area contributed by atoms with Crippen LogP contribution in [0.2, 0.25) is 0 Å². The average molecular weight is 291 g/mol. The Kier molecular flexibility index (Phi) is 4.12. The Hall–Kier alpha value is -1.59. The van der Waals surface area contributed by atoms with Crippen LogP contribution in [-0.4, -0.2) is 42.1 Å². The number of carbonyl (C=O) groups is 1. The maximum Gasteiger partial charge on any atom is 0.407 e. The van der Waals surface area contributed by atoms with Gasteiger partial charge in [-0.1, -0.05) is 24.3 Å². The first-order valence-electron chi connectivity index (χ1n) is 7.47. The molecular formula is C16H21NO4. The minimum Gasteiger partial charge on any atom is -0.465 e. The largest absolute Gasteiger partial charge is 0.465 e. The average Bonchev–Trinajstić information content (AvgIpc) is 2.85. The highest BCUT2D eigenvalue weighted by molar-refractivity contribution is 5.66. The Morgan fingerprint density at radius 2 is 2.19 bits per heavy atom. The normalized spacial score (nSPS) is 28.1. The van der Waals surface area contributed by atoms with Gasteiger partial charge in [0.1, 0.15) is 0 Å². The third-order valence-electron chi connectivity index (χ3n) is 4.33. The van der Waals surface area contributed by atoms with Crippen LogP contribution in [0.4, 0.5) is 4.79 Å². The highest BCUT2D eigenvalue weighted by atomic mass is 16.7. The predicted octanol–water partition coefficient (Wildman–Crippen LogP) is 2.81. The van der Waals surface area contributed by atoms with E-state index in [4.69, 9.17) is 9.47 Å². The summed E-state index contributed by atoms with van der Waals surface area (Å²) in [6.45, 7) is 0.726. The second-order valence-electron chi connectivity index (χ2n) is 5.71. The second-order valence-corrected chi connectivity index (χ2v) is 5.71. The Morgan fingerprint density at radius 1 is 1.38 bits per heavy atom. The van der Waals surface area contributed by atoms with Gasteiger partial charge in [-0.05, 0) is 30.4 Å². The van der Waals surface area contributed by atoms with Gasteiger partial charge in [-0.25, -0.2) is 4.79 Å². The molecule has 5 nitrogen and oxygen atoms in total. The first-order chi connectivity index (χ1) is 10.2. The molecule has 2 aliphatic rings. The molecule has 0 bridgehead atoms. The second kappa shape index (κ2) is 6.03. The summed E-state index contributed by atoms with van der Waals surface area (Å²) in [7, 11) is 1.60. The van der Waals surface area contributed by atoms with E-state index in [-0.39, 0.29) is 18.4 Å². The van der Waals surface area contributed by atoms with E-state index >= 15 is 0 Å². The molecule has 1 saturated heterocycles. The Balaban J connectivity index is 1.80. The number of hydrogen-bond donors (Lipinski definition) is 1. The summed E-state index contributed by atoms with van der Waals surface area (Å²) in [5.74, 6) is 0. The van der Waals surface area contributed by atoms with Gasteiger partial charge in [0.2, 0.25) is 0 Å². The number of fused-ring (bicyclic) bond motifs is 1. The van der Waals surface area contributed by atoms with Crippen molar-refractivity contribution in [1.82, 2.24) is 4.90 Å². The molecule has 0 radical (unpaired) electrons. The molecule has 1 heterocycles. The Labute approximate surface area is 124 Å². The molecule has 0 saturated carbocycles. The molecule has 5 heteroatoms. The van der Waals surface area contributed by atoms with Crippen molar-refractivity contribution in [3.05, 3.63) is 35.4 Å². The Bertz CT molecular complexity index is 513. The van der Waals surface area contributed by atoms with Gasteiger partial charge in [0.25, 0.3) is 0 Å². The van der Waals surface area contributed by atoms with E-state index in [1.165, 1.54) is 4.90 Å². The van der Waals surface area contributed by atoms with Crippen molar-refractivity contribution < 1.29 is 19.4 Å². The van der Waals surface area contributed by atoms with E-state index in [1.54, 1.807) is 7.05 Å².